The molecule has 0 aliphatic carbocycles. The molecule has 128 valence electrons. The highest BCUT2D eigenvalue weighted by molar-refractivity contribution is 5.82. The van der Waals surface area contributed by atoms with Gasteiger partial charge in [0.25, 0.3) is 0 Å². The van der Waals surface area contributed by atoms with Crippen molar-refractivity contribution in [3.05, 3.63) is 23.8 Å². The fraction of sp³-hybridized carbons (Fsp3) is 0.562. The number of benzene rings is 1. The average molecular weight is 328 g/mol. The van der Waals surface area contributed by atoms with Gasteiger partial charge in [-0.15, -0.1) is 0 Å². The monoisotopic (exact) mass is 328 g/mol. The zero-order valence-corrected chi connectivity index (χ0v) is 13.6. The molecule has 0 saturated carbocycles. The largest absolute Gasteiger partial charge is 0.490 e. The molecule has 0 saturated heterocycles. The third kappa shape index (κ3) is 5.35. The van der Waals surface area contributed by atoms with Crippen LogP contribution in [0.5, 0.6) is 11.5 Å². The minimum absolute atomic E-state index is 0.0522. The molecule has 1 unspecified atom stereocenters. The highest BCUT2D eigenvalue weighted by atomic mass is 19.3. The topological polar surface area (TPSA) is 43.3 Å². The summed E-state index contributed by atoms with van der Waals surface area (Å²) in [7, 11) is 1.97. The van der Waals surface area contributed by atoms with E-state index in [2.05, 4.69) is 14.8 Å². The van der Waals surface area contributed by atoms with Crippen LogP contribution in [0.4, 0.5) is 8.78 Å². The summed E-state index contributed by atoms with van der Waals surface area (Å²) < 4.78 is 34.7. The molecule has 2 rings (SSSR count). The van der Waals surface area contributed by atoms with E-state index in [4.69, 9.17) is 9.57 Å². The van der Waals surface area contributed by atoms with Crippen LogP contribution in [-0.2, 0) is 11.4 Å². The van der Waals surface area contributed by atoms with Crippen molar-refractivity contribution >= 4 is 5.71 Å². The molecule has 0 radical (unpaired) electrons. The zero-order valence-electron chi connectivity index (χ0n) is 13.6. The van der Waals surface area contributed by atoms with Gasteiger partial charge in [0.1, 0.15) is 6.10 Å². The number of likely N-dealkylation sites (N-methyl/N-ethyl adjacent to an activating group) is 1. The Bertz CT molecular complexity index is 552. The first kappa shape index (κ1) is 17.5. The van der Waals surface area contributed by atoms with E-state index in [0.29, 0.717) is 18.9 Å². The Morgan fingerprint density at radius 3 is 2.78 bits per heavy atom. The summed E-state index contributed by atoms with van der Waals surface area (Å²) in [5.74, 6) is 0.381. The Kier molecular flexibility index (Phi) is 6.15. The van der Waals surface area contributed by atoms with Crippen LogP contribution in [0.2, 0.25) is 0 Å². The van der Waals surface area contributed by atoms with Gasteiger partial charge in [0.2, 0.25) is 0 Å². The fourth-order valence-corrected chi connectivity index (χ4v) is 2.50. The lowest BCUT2D eigenvalue weighted by Gasteiger charge is -2.20. The van der Waals surface area contributed by atoms with Gasteiger partial charge in [0, 0.05) is 19.5 Å². The first-order valence-corrected chi connectivity index (χ1v) is 7.56. The molecule has 1 aromatic rings. The van der Waals surface area contributed by atoms with Gasteiger partial charge < -0.3 is 14.3 Å². The van der Waals surface area contributed by atoms with Crippen LogP contribution in [-0.4, -0.2) is 43.5 Å². The molecule has 1 aliphatic rings. The Morgan fingerprint density at radius 2 is 2.17 bits per heavy atom. The van der Waals surface area contributed by atoms with Crippen molar-refractivity contribution in [1.82, 2.24) is 4.90 Å². The van der Waals surface area contributed by atoms with Gasteiger partial charge >= 0.3 is 6.61 Å². The number of alkyl halides is 2. The third-order valence-corrected chi connectivity index (χ3v) is 3.37. The molecule has 1 aromatic carbocycles. The summed E-state index contributed by atoms with van der Waals surface area (Å²) in [5, 5.41) is 3.94. The molecular weight excluding hydrogens is 306 g/mol. The van der Waals surface area contributed by atoms with E-state index in [1.807, 2.05) is 14.0 Å². The Balaban J connectivity index is 1.97. The second-order valence-electron chi connectivity index (χ2n) is 5.55. The molecule has 7 heteroatoms. The summed E-state index contributed by atoms with van der Waals surface area (Å²) in [6.45, 7) is 2.63. The molecule has 23 heavy (non-hydrogen) atoms. The van der Waals surface area contributed by atoms with Gasteiger partial charge in [0.15, 0.2) is 11.5 Å². The zero-order chi connectivity index (χ0) is 16.8. The number of nitrogens with zero attached hydrogens (tertiary/aromatic N) is 2. The molecule has 1 heterocycles. The molecule has 1 aliphatic heterocycles. The van der Waals surface area contributed by atoms with Crippen molar-refractivity contribution in [2.24, 2.45) is 5.16 Å². The van der Waals surface area contributed by atoms with Crippen LogP contribution in [0.15, 0.2) is 23.4 Å². The van der Waals surface area contributed by atoms with Crippen LogP contribution in [0.3, 0.4) is 0 Å². The van der Waals surface area contributed by atoms with Crippen LogP contribution in [0.1, 0.15) is 25.8 Å². The lowest BCUT2D eigenvalue weighted by atomic mass is 10.1. The Hall–Kier alpha value is -1.89. The first-order chi connectivity index (χ1) is 11.0. The maximum absolute atomic E-state index is 12.4. The summed E-state index contributed by atoms with van der Waals surface area (Å²) in [5.41, 5.74) is 1.95. The van der Waals surface area contributed by atoms with Gasteiger partial charge in [-0.05, 0) is 38.6 Å². The lowest BCUT2D eigenvalue weighted by molar-refractivity contribution is -0.0514. The van der Waals surface area contributed by atoms with Crippen molar-refractivity contribution in [3.63, 3.8) is 0 Å². The smallest absolute Gasteiger partial charge is 0.387 e. The van der Waals surface area contributed by atoms with E-state index >= 15 is 0 Å². The van der Waals surface area contributed by atoms with E-state index in [9.17, 15) is 8.78 Å². The number of hydrogen-bond acceptors (Lipinski definition) is 5. The molecule has 0 N–H and O–H groups in total. The van der Waals surface area contributed by atoms with Crippen molar-refractivity contribution in [2.45, 2.75) is 39.5 Å². The second-order valence-corrected chi connectivity index (χ2v) is 5.55. The molecule has 0 amide bonds. The van der Waals surface area contributed by atoms with E-state index in [-0.39, 0.29) is 11.9 Å². The number of rotatable bonds is 8. The van der Waals surface area contributed by atoms with Crippen LogP contribution < -0.4 is 9.47 Å². The van der Waals surface area contributed by atoms with Gasteiger partial charge in [-0.25, -0.2) is 0 Å². The van der Waals surface area contributed by atoms with E-state index in [1.54, 1.807) is 19.1 Å². The Labute approximate surface area is 134 Å². The molecule has 0 aromatic heterocycles. The maximum Gasteiger partial charge on any atom is 0.387 e. The van der Waals surface area contributed by atoms with Crippen molar-refractivity contribution in [1.29, 1.82) is 0 Å². The van der Waals surface area contributed by atoms with E-state index in [1.165, 1.54) is 6.07 Å². The molecule has 1 atom stereocenters. The lowest BCUT2D eigenvalue weighted by Crippen LogP contribution is -2.28. The predicted octanol–water partition coefficient (Wildman–Crippen LogP) is 3.28. The minimum Gasteiger partial charge on any atom is -0.490 e. The van der Waals surface area contributed by atoms with Crippen molar-refractivity contribution < 1.29 is 23.1 Å². The van der Waals surface area contributed by atoms with Crippen LogP contribution in [0, 0.1) is 0 Å². The van der Waals surface area contributed by atoms with Crippen LogP contribution >= 0.6 is 0 Å². The van der Waals surface area contributed by atoms with E-state index < -0.39 is 6.61 Å². The molecular formula is C16H22F2N2O3. The van der Waals surface area contributed by atoms with Crippen molar-refractivity contribution in [2.75, 3.05) is 20.2 Å². The SMILES string of the molecule is CCOc1cc(CN(C)CC2CC(C)=NO2)ccc1OC(F)F. The fourth-order valence-electron chi connectivity index (χ4n) is 2.50. The second kappa shape index (κ2) is 8.10. The van der Waals surface area contributed by atoms with Crippen LogP contribution in [0.25, 0.3) is 0 Å². The molecule has 5 nitrogen and oxygen atoms in total. The number of ether oxygens (including phenoxy) is 2. The standard InChI is InChI=1S/C16H22F2N2O3/c1-4-21-15-8-12(5-6-14(15)22-16(17)18)9-20(3)10-13-7-11(2)19-23-13/h5-6,8,13,16H,4,7,9-10H2,1-3H3. The summed E-state index contributed by atoms with van der Waals surface area (Å²) in [6, 6.07) is 5.00. The van der Waals surface area contributed by atoms with Gasteiger partial charge in [-0.3, -0.25) is 4.90 Å². The third-order valence-electron chi connectivity index (χ3n) is 3.37. The Morgan fingerprint density at radius 1 is 1.39 bits per heavy atom. The normalized spacial score (nSPS) is 17.3. The number of halogens is 2. The predicted molar refractivity (Wildman–Crippen MR) is 83.2 cm³/mol. The molecule has 0 bridgehead atoms. The molecule has 0 spiro atoms. The van der Waals surface area contributed by atoms with Crippen molar-refractivity contribution in [3.8, 4) is 11.5 Å². The number of hydrogen-bond donors (Lipinski definition) is 0. The average Bonchev–Trinajstić information content (AvgIpc) is 2.86. The summed E-state index contributed by atoms with van der Waals surface area (Å²) in [4.78, 5) is 7.41. The maximum atomic E-state index is 12.4. The van der Waals surface area contributed by atoms with Gasteiger partial charge in [-0.2, -0.15) is 8.78 Å². The van der Waals surface area contributed by atoms with Gasteiger partial charge in [0.05, 0.1) is 12.3 Å². The van der Waals surface area contributed by atoms with Gasteiger partial charge in [-0.1, -0.05) is 11.2 Å². The summed E-state index contributed by atoms with van der Waals surface area (Å²) in [6.07, 6.45) is 0.892. The quantitative estimate of drug-likeness (QED) is 0.734. The highest BCUT2D eigenvalue weighted by Crippen LogP contribution is 2.30. The minimum atomic E-state index is -2.87. The highest BCUT2D eigenvalue weighted by Gasteiger charge is 2.20. The van der Waals surface area contributed by atoms with E-state index in [0.717, 1.165) is 24.2 Å². The molecule has 0 fully saturated rings. The summed E-state index contributed by atoms with van der Waals surface area (Å²) >= 11 is 0. The number of oxime groups is 1. The first-order valence-electron chi connectivity index (χ1n) is 7.56.